The van der Waals surface area contributed by atoms with Crippen molar-refractivity contribution in [2.24, 2.45) is 17.3 Å². The summed E-state index contributed by atoms with van der Waals surface area (Å²) >= 11 is 0. The monoisotopic (exact) mass is 225 g/mol. The SMILES string of the molecule is CNC(C1CCC(C)(C)CC1)C1CCOC1. The van der Waals surface area contributed by atoms with E-state index in [-0.39, 0.29) is 0 Å². The van der Waals surface area contributed by atoms with Crippen LogP contribution in [0.3, 0.4) is 0 Å². The summed E-state index contributed by atoms with van der Waals surface area (Å²) in [6.07, 6.45) is 6.84. The van der Waals surface area contributed by atoms with E-state index >= 15 is 0 Å². The number of hydrogen-bond acceptors (Lipinski definition) is 2. The quantitative estimate of drug-likeness (QED) is 0.797. The van der Waals surface area contributed by atoms with Gasteiger partial charge in [0.1, 0.15) is 0 Å². The molecule has 2 unspecified atom stereocenters. The molecule has 0 aromatic heterocycles. The lowest BCUT2D eigenvalue weighted by molar-refractivity contribution is 0.125. The van der Waals surface area contributed by atoms with Crippen molar-refractivity contribution in [1.29, 1.82) is 0 Å². The number of nitrogens with one attached hydrogen (secondary N) is 1. The summed E-state index contributed by atoms with van der Waals surface area (Å²) in [6, 6.07) is 0.693. The number of hydrogen-bond donors (Lipinski definition) is 1. The lowest BCUT2D eigenvalue weighted by Gasteiger charge is -2.39. The van der Waals surface area contributed by atoms with Gasteiger partial charge < -0.3 is 10.1 Å². The van der Waals surface area contributed by atoms with Crippen molar-refractivity contribution in [3.8, 4) is 0 Å². The maximum absolute atomic E-state index is 5.53. The molecule has 2 fully saturated rings. The van der Waals surface area contributed by atoms with Crippen molar-refractivity contribution in [1.82, 2.24) is 5.32 Å². The summed E-state index contributed by atoms with van der Waals surface area (Å²) in [5.74, 6) is 1.64. The molecule has 0 spiro atoms. The fraction of sp³-hybridized carbons (Fsp3) is 1.00. The minimum Gasteiger partial charge on any atom is -0.381 e. The van der Waals surface area contributed by atoms with Gasteiger partial charge in [0, 0.05) is 18.6 Å². The van der Waals surface area contributed by atoms with Crippen molar-refractivity contribution < 1.29 is 4.74 Å². The van der Waals surface area contributed by atoms with Crippen LogP contribution in [0.5, 0.6) is 0 Å². The number of ether oxygens (including phenoxy) is 1. The van der Waals surface area contributed by atoms with Gasteiger partial charge >= 0.3 is 0 Å². The van der Waals surface area contributed by atoms with Gasteiger partial charge in [0.25, 0.3) is 0 Å². The molecule has 0 radical (unpaired) electrons. The molecular formula is C14H27NO. The van der Waals surface area contributed by atoms with Crippen molar-refractivity contribution in [2.75, 3.05) is 20.3 Å². The Hall–Kier alpha value is -0.0800. The molecule has 2 aliphatic rings. The van der Waals surface area contributed by atoms with Crippen LogP contribution >= 0.6 is 0 Å². The van der Waals surface area contributed by atoms with Gasteiger partial charge in [0.15, 0.2) is 0 Å². The smallest absolute Gasteiger partial charge is 0.0510 e. The molecule has 0 amide bonds. The van der Waals surface area contributed by atoms with Gasteiger partial charge in [-0.3, -0.25) is 0 Å². The van der Waals surface area contributed by atoms with Crippen LogP contribution in [-0.2, 0) is 4.74 Å². The second-order valence-corrected chi connectivity index (χ2v) is 6.44. The summed E-state index contributed by atoms with van der Waals surface area (Å²) in [7, 11) is 2.13. The van der Waals surface area contributed by atoms with Gasteiger partial charge in [-0.05, 0) is 50.5 Å². The topological polar surface area (TPSA) is 21.3 Å². The lowest BCUT2D eigenvalue weighted by Crippen LogP contribution is -2.43. The highest BCUT2D eigenvalue weighted by atomic mass is 16.5. The summed E-state index contributed by atoms with van der Waals surface area (Å²) in [5.41, 5.74) is 0.584. The van der Waals surface area contributed by atoms with E-state index < -0.39 is 0 Å². The second kappa shape index (κ2) is 5.05. The van der Waals surface area contributed by atoms with E-state index in [9.17, 15) is 0 Å². The van der Waals surface area contributed by atoms with Gasteiger partial charge in [-0.15, -0.1) is 0 Å². The van der Waals surface area contributed by atoms with Crippen LogP contribution < -0.4 is 5.32 Å². The zero-order valence-electron chi connectivity index (χ0n) is 11.1. The van der Waals surface area contributed by atoms with E-state index in [4.69, 9.17) is 4.74 Å². The van der Waals surface area contributed by atoms with E-state index in [0.717, 1.165) is 25.0 Å². The average Bonchev–Trinajstić information content (AvgIpc) is 2.75. The molecule has 1 saturated heterocycles. The Balaban J connectivity index is 1.90. The van der Waals surface area contributed by atoms with Crippen LogP contribution in [0.15, 0.2) is 0 Å². The molecule has 0 bridgehead atoms. The second-order valence-electron chi connectivity index (χ2n) is 6.44. The van der Waals surface area contributed by atoms with Crippen molar-refractivity contribution in [3.05, 3.63) is 0 Å². The first-order chi connectivity index (χ1) is 7.62. The molecule has 0 aromatic carbocycles. The van der Waals surface area contributed by atoms with Crippen LogP contribution in [0.4, 0.5) is 0 Å². The van der Waals surface area contributed by atoms with E-state index in [1.165, 1.54) is 32.1 Å². The predicted molar refractivity (Wildman–Crippen MR) is 67.5 cm³/mol. The predicted octanol–water partition coefficient (Wildman–Crippen LogP) is 2.83. The Morgan fingerprint density at radius 3 is 2.31 bits per heavy atom. The minimum atomic E-state index is 0.584. The third kappa shape index (κ3) is 2.78. The molecule has 16 heavy (non-hydrogen) atoms. The highest BCUT2D eigenvalue weighted by Crippen LogP contribution is 2.41. The zero-order valence-corrected chi connectivity index (χ0v) is 11.1. The summed E-state index contributed by atoms with van der Waals surface area (Å²) in [6.45, 7) is 6.78. The Morgan fingerprint density at radius 2 is 1.81 bits per heavy atom. The molecule has 1 N–H and O–H groups in total. The molecule has 1 saturated carbocycles. The molecule has 2 atom stereocenters. The molecular weight excluding hydrogens is 198 g/mol. The van der Waals surface area contributed by atoms with Gasteiger partial charge in [-0.2, -0.15) is 0 Å². The van der Waals surface area contributed by atoms with Crippen LogP contribution in [0.2, 0.25) is 0 Å². The average molecular weight is 225 g/mol. The van der Waals surface area contributed by atoms with Crippen LogP contribution in [0, 0.1) is 17.3 Å². The number of rotatable bonds is 3. The summed E-state index contributed by atoms with van der Waals surface area (Å²) in [5, 5.41) is 3.56. The van der Waals surface area contributed by atoms with Crippen molar-refractivity contribution in [2.45, 2.75) is 52.0 Å². The molecule has 2 nitrogen and oxygen atoms in total. The van der Waals surface area contributed by atoms with Gasteiger partial charge in [-0.1, -0.05) is 13.8 Å². The van der Waals surface area contributed by atoms with E-state index in [2.05, 4.69) is 26.2 Å². The standard InChI is InChI=1S/C14H27NO/c1-14(2)7-4-11(5-8-14)13(15-3)12-6-9-16-10-12/h11-13,15H,4-10H2,1-3H3. The first kappa shape index (κ1) is 12.4. The lowest BCUT2D eigenvalue weighted by atomic mass is 9.69. The summed E-state index contributed by atoms with van der Waals surface area (Å²) in [4.78, 5) is 0. The molecule has 1 aliphatic heterocycles. The van der Waals surface area contributed by atoms with Crippen LogP contribution in [-0.4, -0.2) is 26.3 Å². The van der Waals surface area contributed by atoms with Gasteiger partial charge in [0.2, 0.25) is 0 Å². The normalized spacial score (nSPS) is 32.8. The third-order valence-electron chi connectivity index (χ3n) is 4.70. The molecule has 2 heteroatoms. The largest absolute Gasteiger partial charge is 0.381 e. The maximum atomic E-state index is 5.53. The maximum Gasteiger partial charge on any atom is 0.0510 e. The van der Waals surface area contributed by atoms with Gasteiger partial charge in [-0.25, -0.2) is 0 Å². The highest BCUT2D eigenvalue weighted by molar-refractivity contribution is 4.89. The Morgan fingerprint density at radius 1 is 1.12 bits per heavy atom. The van der Waals surface area contributed by atoms with Crippen molar-refractivity contribution >= 4 is 0 Å². The Kier molecular flexibility index (Phi) is 3.91. The van der Waals surface area contributed by atoms with Crippen molar-refractivity contribution in [3.63, 3.8) is 0 Å². The molecule has 94 valence electrons. The molecule has 1 aliphatic carbocycles. The summed E-state index contributed by atoms with van der Waals surface area (Å²) < 4.78 is 5.53. The van der Waals surface area contributed by atoms with Crippen LogP contribution in [0.1, 0.15) is 46.0 Å². The van der Waals surface area contributed by atoms with E-state index in [1.54, 1.807) is 0 Å². The van der Waals surface area contributed by atoms with Crippen LogP contribution in [0.25, 0.3) is 0 Å². The third-order valence-corrected chi connectivity index (χ3v) is 4.70. The fourth-order valence-corrected chi connectivity index (χ4v) is 3.47. The minimum absolute atomic E-state index is 0.584. The van der Waals surface area contributed by atoms with Gasteiger partial charge in [0.05, 0.1) is 6.61 Å². The molecule has 1 heterocycles. The zero-order chi connectivity index (χ0) is 11.6. The highest BCUT2D eigenvalue weighted by Gasteiger charge is 2.35. The molecule has 0 aromatic rings. The Bertz CT molecular complexity index is 211. The van der Waals surface area contributed by atoms with E-state index in [0.29, 0.717) is 11.5 Å². The first-order valence-corrected chi connectivity index (χ1v) is 6.87. The molecule has 2 rings (SSSR count). The Labute approximate surface area is 100 Å². The first-order valence-electron chi connectivity index (χ1n) is 6.87. The van der Waals surface area contributed by atoms with E-state index in [1.807, 2.05) is 0 Å². The fourth-order valence-electron chi connectivity index (χ4n) is 3.47.